The summed E-state index contributed by atoms with van der Waals surface area (Å²) in [5.41, 5.74) is 2.83. The average molecular weight is 316 g/mol. The maximum atomic E-state index is 13.4. The van der Waals surface area contributed by atoms with Crippen molar-refractivity contribution in [2.24, 2.45) is 0 Å². The monoisotopic (exact) mass is 315 g/mol. The zero-order valence-electron chi connectivity index (χ0n) is 9.24. The van der Waals surface area contributed by atoms with Gasteiger partial charge in [0.15, 0.2) is 11.6 Å². The number of ether oxygens (including phenoxy) is 1. The first-order valence-electron chi connectivity index (χ1n) is 5.13. The number of hydrogen-bond donors (Lipinski definition) is 0. The molecule has 0 aliphatic carbocycles. The maximum Gasteiger partial charge on any atom is 0.165 e. The van der Waals surface area contributed by atoms with Crippen molar-refractivity contribution in [1.82, 2.24) is 4.98 Å². The van der Waals surface area contributed by atoms with E-state index < -0.39 is 0 Å². The predicted octanol–water partition coefficient (Wildman–Crippen LogP) is 3.97. The molecule has 0 unspecified atom stereocenters. The molecule has 0 N–H and O–H groups in total. The van der Waals surface area contributed by atoms with Crippen LogP contribution in [0.1, 0.15) is 10.6 Å². The first kappa shape index (κ1) is 12.5. The molecule has 0 atom stereocenters. The van der Waals surface area contributed by atoms with E-state index >= 15 is 0 Å². The molecule has 5 heteroatoms. The van der Waals surface area contributed by atoms with Crippen molar-refractivity contribution in [2.75, 3.05) is 6.61 Å². The largest absolute Gasteiger partial charge is 0.490 e. The topological polar surface area (TPSA) is 22.1 Å². The van der Waals surface area contributed by atoms with Gasteiger partial charge in [-0.2, -0.15) is 0 Å². The number of aryl methyl sites for hydroxylation is 1. The minimum absolute atomic E-state index is 0.279. The third-order valence-corrected chi connectivity index (χ3v) is 3.81. The Labute approximate surface area is 112 Å². The Morgan fingerprint density at radius 3 is 3.00 bits per heavy atom. The van der Waals surface area contributed by atoms with Crippen molar-refractivity contribution < 1.29 is 9.13 Å². The molecular weight excluding hydrogens is 305 g/mol. The van der Waals surface area contributed by atoms with Gasteiger partial charge in [0, 0.05) is 15.8 Å². The molecule has 0 spiro atoms. The molecule has 0 saturated carbocycles. The van der Waals surface area contributed by atoms with E-state index in [2.05, 4.69) is 20.9 Å². The van der Waals surface area contributed by atoms with Crippen LogP contribution in [0.15, 0.2) is 28.2 Å². The summed E-state index contributed by atoms with van der Waals surface area (Å²) in [5, 5.41) is 0. The van der Waals surface area contributed by atoms with Gasteiger partial charge in [-0.05, 0) is 25.1 Å². The van der Waals surface area contributed by atoms with Gasteiger partial charge in [-0.25, -0.2) is 9.37 Å². The summed E-state index contributed by atoms with van der Waals surface area (Å²) in [5.74, 6) is -0.0595. The number of nitrogens with zero attached hydrogens (tertiary/aromatic N) is 1. The highest BCUT2D eigenvalue weighted by Gasteiger charge is 2.05. The molecule has 1 aromatic carbocycles. The lowest BCUT2D eigenvalue weighted by Crippen LogP contribution is -2.02. The fraction of sp³-hybridized carbons (Fsp3) is 0.250. The van der Waals surface area contributed by atoms with E-state index in [-0.39, 0.29) is 11.6 Å². The van der Waals surface area contributed by atoms with E-state index in [4.69, 9.17) is 4.74 Å². The zero-order chi connectivity index (χ0) is 12.3. The van der Waals surface area contributed by atoms with E-state index in [1.54, 1.807) is 23.5 Å². The van der Waals surface area contributed by atoms with Crippen LogP contribution in [0.4, 0.5) is 4.39 Å². The first-order chi connectivity index (χ1) is 8.16. The molecule has 2 rings (SSSR count). The van der Waals surface area contributed by atoms with Gasteiger partial charge in [-0.15, -0.1) is 11.3 Å². The highest BCUT2D eigenvalue weighted by molar-refractivity contribution is 9.10. The Balaban J connectivity index is 1.94. The summed E-state index contributed by atoms with van der Waals surface area (Å²) in [4.78, 5) is 5.34. The Morgan fingerprint density at radius 1 is 1.47 bits per heavy atom. The second kappa shape index (κ2) is 5.60. The van der Waals surface area contributed by atoms with Crippen LogP contribution >= 0.6 is 27.3 Å². The smallest absolute Gasteiger partial charge is 0.165 e. The molecule has 0 aliphatic rings. The van der Waals surface area contributed by atoms with Gasteiger partial charge in [-0.1, -0.05) is 15.9 Å². The molecular formula is C12H11BrFNOS. The van der Waals surface area contributed by atoms with E-state index in [1.165, 1.54) is 10.9 Å². The molecule has 0 bridgehead atoms. The first-order valence-corrected chi connectivity index (χ1v) is 6.81. The van der Waals surface area contributed by atoms with Crippen LogP contribution in [0.25, 0.3) is 0 Å². The molecule has 17 heavy (non-hydrogen) atoms. The lowest BCUT2D eigenvalue weighted by Gasteiger charge is -2.07. The van der Waals surface area contributed by atoms with Gasteiger partial charge < -0.3 is 4.74 Å². The van der Waals surface area contributed by atoms with Crippen molar-refractivity contribution in [3.05, 3.63) is 44.6 Å². The highest BCUT2D eigenvalue weighted by Crippen LogP contribution is 2.22. The lowest BCUT2D eigenvalue weighted by atomic mass is 10.3. The standard InChI is InChI=1S/C12H11BrFNOS/c1-8-12(17-7-15-8)4-5-16-11-6-9(13)2-3-10(11)14/h2-3,6-7H,4-5H2,1H3. The number of rotatable bonds is 4. The number of aromatic nitrogens is 1. The second-order valence-corrected chi connectivity index (χ2v) is 5.39. The fourth-order valence-corrected chi connectivity index (χ4v) is 2.51. The van der Waals surface area contributed by atoms with E-state index in [0.29, 0.717) is 6.61 Å². The van der Waals surface area contributed by atoms with Crippen molar-refractivity contribution in [3.8, 4) is 5.75 Å². The zero-order valence-corrected chi connectivity index (χ0v) is 11.6. The van der Waals surface area contributed by atoms with Crippen LogP contribution in [-0.2, 0) is 6.42 Å². The van der Waals surface area contributed by atoms with Crippen molar-refractivity contribution in [1.29, 1.82) is 0 Å². The molecule has 1 heterocycles. The number of benzene rings is 1. The summed E-state index contributed by atoms with van der Waals surface area (Å²) >= 11 is 4.88. The Hall–Kier alpha value is -0.940. The van der Waals surface area contributed by atoms with Crippen LogP contribution in [0.3, 0.4) is 0 Å². The number of halogens is 2. The highest BCUT2D eigenvalue weighted by atomic mass is 79.9. The number of thiazole rings is 1. The lowest BCUT2D eigenvalue weighted by molar-refractivity contribution is 0.305. The van der Waals surface area contributed by atoms with Gasteiger partial charge in [-0.3, -0.25) is 0 Å². The molecule has 0 radical (unpaired) electrons. The molecule has 0 saturated heterocycles. The minimum Gasteiger partial charge on any atom is -0.490 e. The molecule has 1 aromatic heterocycles. The van der Waals surface area contributed by atoms with Crippen molar-refractivity contribution in [2.45, 2.75) is 13.3 Å². The normalized spacial score (nSPS) is 10.5. The van der Waals surface area contributed by atoms with Crippen LogP contribution < -0.4 is 4.74 Å². The van der Waals surface area contributed by atoms with Crippen molar-refractivity contribution >= 4 is 27.3 Å². The van der Waals surface area contributed by atoms with Gasteiger partial charge >= 0.3 is 0 Å². The van der Waals surface area contributed by atoms with Crippen LogP contribution in [-0.4, -0.2) is 11.6 Å². The Bertz CT molecular complexity index is 515. The van der Waals surface area contributed by atoms with Gasteiger partial charge in [0.1, 0.15) is 0 Å². The molecule has 0 fully saturated rings. The average Bonchev–Trinajstić information content (AvgIpc) is 2.70. The van der Waals surface area contributed by atoms with Crippen LogP contribution in [0, 0.1) is 12.7 Å². The number of hydrogen-bond acceptors (Lipinski definition) is 3. The van der Waals surface area contributed by atoms with E-state index in [9.17, 15) is 4.39 Å². The van der Waals surface area contributed by atoms with Crippen molar-refractivity contribution in [3.63, 3.8) is 0 Å². The second-order valence-electron chi connectivity index (χ2n) is 3.53. The third kappa shape index (κ3) is 3.26. The minimum atomic E-state index is -0.339. The molecule has 2 aromatic rings. The summed E-state index contributed by atoms with van der Waals surface area (Å²) in [6.45, 7) is 2.42. The van der Waals surface area contributed by atoms with E-state index in [0.717, 1.165) is 16.6 Å². The molecule has 2 nitrogen and oxygen atoms in total. The fourth-order valence-electron chi connectivity index (χ4n) is 1.41. The van der Waals surface area contributed by atoms with Gasteiger partial charge in [0.25, 0.3) is 0 Å². The van der Waals surface area contributed by atoms with Gasteiger partial charge in [0.2, 0.25) is 0 Å². The summed E-state index contributed by atoms with van der Waals surface area (Å²) in [6, 6.07) is 4.67. The SMILES string of the molecule is Cc1ncsc1CCOc1cc(Br)ccc1F. The maximum absolute atomic E-state index is 13.4. The molecule has 0 aliphatic heterocycles. The summed E-state index contributed by atoms with van der Waals surface area (Å²) in [6.07, 6.45) is 0.752. The Morgan fingerprint density at radius 2 is 2.29 bits per heavy atom. The summed E-state index contributed by atoms with van der Waals surface area (Å²) in [7, 11) is 0. The third-order valence-electron chi connectivity index (χ3n) is 2.32. The molecule has 90 valence electrons. The predicted molar refractivity (Wildman–Crippen MR) is 70.2 cm³/mol. The summed E-state index contributed by atoms with van der Waals surface area (Å²) < 4.78 is 19.6. The van der Waals surface area contributed by atoms with Gasteiger partial charge in [0.05, 0.1) is 17.8 Å². The van der Waals surface area contributed by atoms with E-state index in [1.807, 2.05) is 12.4 Å². The molecule has 0 amide bonds. The van der Waals surface area contributed by atoms with Crippen LogP contribution in [0.2, 0.25) is 0 Å². The van der Waals surface area contributed by atoms with Crippen LogP contribution in [0.5, 0.6) is 5.75 Å². The Kier molecular flexibility index (Phi) is 4.12. The quantitative estimate of drug-likeness (QED) is 0.851.